The van der Waals surface area contributed by atoms with Crippen molar-refractivity contribution in [2.45, 2.75) is 41.0 Å². The second-order valence-corrected chi connectivity index (χ2v) is 1.93. The Hall–Kier alpha value is -0.720. The van der Waals surface area contributed by atoms with Crippen molar-refractivity contribution in [3.05, 3.63) is 24.0 Å². The monoisotopic (exact) mass is 170 g/mol. The summed E-state index contributed by atoms with van der Waals surface area (Å²) >= 11 is 0. The van der Waals surface area contributed by atoms with Crippen molar-refractivity contribution in [2.24, 2.45) is 0 Å². The van der Waals surface area contributed by atoms with Crippen molar-refractivity contribution in [3.8, 4) is 0 Å². The van der Waals surface area contributed by atoms with Crippen molar-refractivity contribution in [3.63, 3.8) is 0 Å². The summed E-state index contributed by atoms with van der Waals surface area (Å²) in [6.45, 7) is 10.8. The van der Waals surface area contributed by atoms with Crippen molar-refractivity contribution < 1.29 is 4.74 Å². The van der Waals surface area contributed by atoms with E-state index in [2.05, 4.69) is 13.0 Å². The molecule has 0 aromatic heterocycles. The van der Waals surface area contributed by atoms with Crippen molar-refractivity contribution in [1.29, 1.82) is 0 Å². The maximum absolute atomic E-state index is 5.27. The second-order valence-electron chi connectivity index (χ2n) is 1.93. The molecule has 0 rings (SSSR count). The van der Waals surface area contributed by atoms with Crippen LogP contribution in [0.25, 0.3) is 0 Å². The summed E-state index contributed by atoms with van der Waals surface area (Å²) in [6, 6.07) is 0. The average Bonchev–Trinajstić information content (AvgIpc) is 2.15. The van der Waals surface area contributed by atoms with E-state index < -0.39 is 0 Å². The SMILES string of the molecule is C/C=C(/C=C/CC)OCC.CC. The van der Waals surface area contributed by atoms with Crippen molar-refractivity contribution in [1.82, 2.24) is 0 Å². The average molecular weight is 170 g/mol. The zero-order valence-corrected chi connectivity index (χ0v) is 9.05. The number of allylic oxidation sites excluding steroid dienone is 3. The standard InChI is InChI=1S/C9H16O.C2H6/c1-4-7-8-9(5-2)10-6-3;1-2/h5,7-8H,4,6H2,1-3H3;1-2H3/b8-7+,9-5-;. The zero-order valence-electron chi connectivity index (χ0n) is 9.05. The molecular formula is C11H22O. The van der Waals surface area contributed by atoms with Gasteiger partial charge in [-0.05, 0) is 32.4 Å². The van der Waals surface area contributed by atoms with Gasteiger partial charge in [0, 0.05) is 0 Å². The first kappa shape index (κ1) is 13.8. The Morgan fingerprint density at radius 3 is 2.17 bits per heavy atom. The van der Waals surface area contributed by atoms with E-state index in [9.17, 15) is 0 Å². The Bertz CT molecular complexity index is 123. The van der Waals surface area contributed by atoms with Gasteiger partial charge in [0.1, 0.15) is 5.76 Å². The van der Waals surface area contributed by atoms with Crippen LogP contribution in [0.4, 0.5) is 0 Å². The third kappa shape index (κ3) is 9.28. The van der Waals surface area contributed by atoms with Crippen LogP contribution in [0.15, 0.2) is 24.0 Å². The second kappa shape index (κ2) is 12.9. The minimum Gasteiger partial charge on any atom is -0.494 e. The summed E-state index contributed by atoms with van der Waals surface area (Å²) in [7, 11) is 0. The molecule has 0 aliphatic carbocycles. The number of ether oxygens (including phenoxy) is 1. The number of hydrogen-bond donors (Lipinski definition) is 0. The molecule has 0 radical (unpaired) electrons. The molecule has 0 unspecified atom stereocenters. The minimum atomic E-state index is 0.744. The molecule has 0 saturated heterocycles. The molecule has 0 N–H and O–H groups in total. The molecule has 0 fully saturated rings. The quantitative estimate of drug-likeness (QED) is 0.459. The number of rotatable bonds is 4. The van der Waals surface area contributed by atoms with Crippen LogP contribution in [0.1, 0.15) is 41.0 Å². The summed E-state index contributed by atoms with van der Waals surface area (Å²) in [4.78, 5) is 0. The van der Waals surface area contributed by atoms with Crippen molar-refractivity contribution in [2.75, 3.05) is 6.61 Å². The molecule has 1 nitrogen and oxygen atoms in total. The first-order valence-corrected chi connectivity index (χ1v) is 4.80. The van der Waals surface area contributed by atoms with Gasteiger partial charge in [0.05, 0.1) is 6.61 Å². The molecule has 12 heavy (non-hydrogen) atoms. The van der Waals surface area contributed by atoms with Gasteiger partial charge in [0.15, 0.2) is 0 Å². The Labute approximate surface area is 77.1 Å². The van der Waals surface area contributed by atoms with Gasteiger partial charge in [0.25, 0.3) is 0 Å². The van der Waals surface area contributed by atoms with Gasteiger partial charge in [-0.25, -0.2) is 0 Å². The molecule has 0 aromatic carbocycles. The molecule has 0 bridgehead atoms. The maximum Gasteiger partial charge on any atom is 0.114 e. The van der Waals surface area contributed by atoms with Gasteiger partial charge in [-0.1, -0.05) is 26.8 Å². The van der Waals surface area contributed by atoms with Gasteiger partial charge in [-0.15, -0.1) is 0 Å². The predicted molar refractivity (Wildman–Crippen MR) is 56.2 cm³/mol. The van der Waals surface area contributed by atoms with Gasteiger partial charge in [-0.3, -0.25) is 0 Å². The Balaban J connectivity index is 0. The van der Waals surface area contributed by atoms with Crippen LogP contribution in [0.2, 0.25) is 0 Å². The lowest BCUT2D eigenvalue weighted by molar-refractivity contribution is 0.242. The van der Waals surface area contributed by atoms with E-state index in [1.807, 2.05) is 39.8 Å². The molecule has 0 amide bonds. The fourth-order valence-corrected chi connectivity index (χ4v) is 0.628. The lowest BCUT2D eigenvalue weighted by Crippen LogP contribution is -1.86. The molecule has 0 heterocycles. The Morgan fingerprint density at radius 1 is 1.25 bits per heavy atom. The van der Waals surface area contributed by atoms with Gasteiger partial charge < -0.3 is 4.74 Å². The lowest BCUT2D eigenvalue weighted by atomic mass is 10.3. The van der Waals surface area contributed by atoms with Gasteiger partial charge >= 0.3 is 0 Å². The van der Waals surface area contributed by atoms with E-state index in [0.717, 1.165) is 18.8 Å². The summed E-state index contributed by atoms with van der Waals surface area (Å²) < 4.78 is 5.27. The highest BCUT2D eigenvalue weighted by Gasteiger charge is 1.84. The highest BCUT2D eigenvalue weighted by Crippen LogP contribution is 1.99. The molecule has 1 heteroatoms. The molecule has 0 aliphatic heterocycles. The highest BCUT2D eigenvalue weighted by molar-refractivity contribution is 5.10. The summed E-state index contributed by atoms with van der Waals surface area (Å²) in [5.41, 5.74) is 0. The van der Waals surface area contributed by atoms with Crippen molar-refractivity contribution >= 4 is 0 Å². The lowest BCUT2D eigenvalue weighted by Gasteiger charge is -2.00. The Kier molecular flexibility index (Phi) is 14.9. The van der Waals surface area contributed by atoms with Crippen LogP contribution < -0.4 is 0 Å². The fourth-order valence-electron chi connectivity index (χ4n) is 0.628. The van der Waals surface area contributed by atoms with Crippen LogP contribution in [0.5, 0.6) is 0 Å². The van der Waals surface area contributed by atoms with Crippen LogP contribution in [0, 0.1) is 0 Å². The molecule has 0 aromatic rings. The van der Waals surface area contributed by atoms with E-state index in [1.165, 1.54) is 0 Å². The van der Waals surface area contributed by atoms with Crippen LogP contribution in [0.3, 0.4) is 0 Å². The predicted octanol–water partition coefficient (Wildman–Crippen LogP) is 3.92. The van der Waals surface area contributed by atoms with Crippen LogP contribution in [-0.2, 0) is 4.74 Å². The molecule has 0 atom stereocenters. The summed E-state index contributed by atoms with van der Waals surface area (Å²) in [6.07, 6.45) is 7.12. The van der Waals surface area contributed by atoms with E-state index in [0.29, 0.717) is 0 Å². The van der Waals surface area contributed by atoms with Crippen LogP contribution in [-0.4, -0.2) is 6.61 Å². The molecule has 72 valence electrons. The first-order valence-electron chi connectivity index (χ1n) is 4.80. The minimum absolute atomic E-state index is 0.744. The molecule has 0 saturated carbocycles. The van der Waals surface area contributed by atoms with E-state index >= 15 is 0 Å². The maximum atomic E-state index is 5.27. The third-order valence-electron chi connectivity index (χ3n) is 1.11. The van der Waals surface area contributed by atoms with E-state index in [1.54, 1.807) is 0 Å². The molecular weight excluding hydrogens is 148 g/mol. The fraction of sp³-hybridized carbons (Fsp3) is 0.636. The first-order chi connectivity index (χ1) is 5.85. The smallest absolute Gasteiger partial charge is 0.114 e. The molecule has 0 aliphatic rings. The summed E-state index contributed by atoms with van der Waals surface area (Å²) in [5, 5.41) is 0. The van der Waals surface area contributed by atoms with Gasteiger partial charge in [0.2, 0.25) is 0 Å². The number of hydrogen-bond acceptors (Lipinski definition) is 1. The third-order valence-corrected chi connectivity index (χ3v) is 1.11. The highest BCUT2D eigenvalue weighted by atomic mass is 16.5. The van der Waals surface area contributed by atoms with Crippen LogP contribution >= 0.6 is 0 Å². The Morgan fingerprint density at radius 2 is 1.83 bits per heavy atom. The van der Waals surface area contributed by atoms with Gasteiger partial charge in [-0.2, -0.15) is 0 Å². The van der Waals surface area contributed by atoms with E-state index in [-0.39, 0.29) is 0 Å². The molecule has 0 spiro atoms. The van der Waals surface area contributed by atoms with E-state index in [4.69, 9.17) is 4.74 Å². The summed E-state index contributed by atoms with van der Waals surface area (Å²) in [5.74, 6) is 0.962. The zero-order chi connectivity index (χ0) is 9.82. The normalized spacial score (nSPS) is 10.9. The topological polar surface area (TPSA) is 9.23 Å². The largest absolute Gasteiger partial charge is 0.494 e.